The second-order valence-corrected chi connectivity index (χ2v) is 5.64. The molecule has 1 aromatic heterocycles. The van der Waals surface area contributed by atoms with Crippen molar-refractivity contribution in [3.8, 4) is 5.75 Å². The Morgan fingerprint density at radius 3 is 2.61 bits per heavy atom. The van der Waals surface area contributed by atoms with Crippen LogP contribution in [0.15, 0.2) is 60.8 Å². The number of hydrogen-bond acceptors (Lipinski definition) is 3. The lowest BCUT2D eigenvalue weighted by molar-refractivity contribution is -0.118. The van der Waals surface area contributed by atoms with Crippen LogP contribution in [0.1, 0.15) is 36.8 Å². The quantitative estimate of drug-likeness (QED) is 0.758. The number of Topliss-reactive ketones (excluding diaryl/α,β-unsaturated/α-hetero) is 1. The minimum atomic E-state index is -0.157. The molecule has 2 aromatic carbocycles. The Morgan fingerprint density at radius 2 is 1.87 bits per heavy atom. The summed E-state index contributed by atoms with van der Waals surface area (Å²) in [4.78, 5) is 16.3. The van der Waals surface area contributed by atoms with E-state index >= 15 is 0 Å². The molecule has 1 N–H and O–H groups in total. The third-order valence-electron chi connectivity index (χ3n) is 4.18. The fraction of sp³-hybridized carbons (Fsp3) is 0.200. The number of nitrogens with zero attached hydrogens (tertiary/aromatic N) is 1. The second kappa shape index (κ2) is 6.61. The van der Waals surface area contributed by atoms with Crippen LogP contribution in [-0.4, -0.2) is 15.9 Å². The maximum absolute atomic E-state index is 12.0. The van der Waals surface area contributed by atoms with Crippen molar-refractivity contribution in [3.63, 3.8) is 0 Å². The van der Waals surface area contributed by atoms with Crippen LogP contribution in [0, 0.1) is 0 Å². The number of phenolic OH excluding ortho intramolecular Hbond substituents is 1. The van der Waals surface area contributed by atoms with Gasteiger partial charge in [-0.1, -0.05) is 55.5 Å². The smallest absolute Gasteiger partial charge is 0.145 e. The number of hydrogen-bond donors (Lipinski definition) is 1. The lowest BCUT2D eigenvalue weighted by atomic mass is 9.85. The molecule has 0 saturated heterocycles. The Balaban J connectivity index is 2.13. The Kier molecular flexibility index (Phi) is 4.38. The number of rotatable bonds is 5. The van der Waals surface area contributed by atoms with Crippen LogP contribution in [0.25, 0.3) is 10.9 Å². The first-order chi connectivity index (χ1) is 11.2. The maximum atomic E-state index is 12.0. The average Bonchev–Trinajstić information content (AvgIpc) is 2.61. The number of ketones is 1. The number of carbonyl (C=O) groups is 1. The summed E-state index contributed by atoms with van der Waals surface area (Å²) in [6.45, 7) is 1.87. The first-order valence-corrected chi connectivity index (χ1v) is 7.84. The molecule has 1 heterocycles. The van der Waals surface area contributed by atoms with Crippen molar-refractivity contribution in [3.05, 3.63) is 71.9 Å². The molecule has 3 aromatic rings. The molecular weight excluding hydrogens is 286 g/mol. The van der Waals surface area contributed by atoms with Gasteiger partial charge >= 0.3 is 0 Å². The van der Waals surface area contributed by atoms with Crippen molar-refractivity contribution in [1.29, 1.82) is 0 Å². The van der Waals surface area contributed by atoms with E-state index in [0.717, 1.165) is 16.5 Å². The van der Waals surface area contributed by atoms with Crippen molar-refractivity contribution in [2.24, 2.45) is 0 Å². The summed E-state index contributed by atoms with van der Waals surface area (Å²) in [5.74, 6) is 0.190. The van der Waals surface area contributed by atoms with E-state index < -0.39 is 0 Å². The number of carbonyl (C=O) groups excluding carboxylic acids is 1. The summed E-state index contributed by atoms with van der Waals surface area (Å²) in [6.07, 6.45) is 2.54. The molecule has 116 valence electrons. The third kappa shape index (κ3) is 3.09. The average molecular weight is 305 g/mol. The van der Waals surface area contributed by atoms with Gasteiger partial charge in [0.15, 0.2) is 0 Å². The van der Waals surface area contributed by atoms with Crippen LogP contribution in [-0.2, 0) is 4.79 Å². The zero-order valence-electron chi connectivity index (χ0n) is 13.1. The summed E-state index contributed by atoms with van der Waals surface area (Å²) < 4.78 is 0. The molecule has 0 aliphatic rings. The number of pyridine rings is 1. The highest BCUT2D eigenvalue weighted by Crippen LogP contribution is 2.37. The standard InChI is InChI=1S/C20H19NO2/c1-2-16(22)13-18(14-7-4-3-5-8-14)17-11-10-15-9-6-12-21-19(15)20(17)23/h3-12,18,23H,2,13H2,1H3. The van der Waals surface area contributed by atoms with Crippen LogP contribution >= 0.6 is 0 Å². The first kappa shape index (κ1) is 15.2. The zero-order valence-corrected chi connectivity index (χ0v) is 13.1. The number of aromatic hydroxyl groups is 1. The predicted octanol–water partition coefficient (Wildman–Crippen LogP) is 4.44. The minimum absolute atomic E-state index is 0.157. The SMILES string of the molecule is CCC(=O)CC(c1ccccc1)c1ccc2cccnc2c1O. The molecule has 3 heteroatoms. The highest BCUT2D eigenvalue weighted by Gasteiger charge is 2.21. The Bertz CT molecular complexity index is 827. The van der Waals surface area contributed by atoms with Gasteiger partial charge in [-0.2, -0.15) is 0 Å². The van der Waals surface area contributed by atoms with Crippen LogP contribution in [0.5, 0.6) is 5.75 Å². The van der Waals surface area contributed by atoms with Gasteiger partial charge in [-0.15, -0.1) is 0 Å². The summed E-state index contributed by atoms with van der Waals surface area (Å²) in [5, 5.41) is 11.6. The number of aromatic nitrogens is 1. The molecule has 3 rings (SSSR count). The molecule has 0 aliphatic carbocycles. The van der Waals surface area contributed by atoms with E-state index in [9.17, 15) is 9.90 Å². The molecule has 0 radical (unpaired) electrons. The van der Waals surface area contributed by atoms with Gasteiger partial charge in [-0.3, -0.25) is 9.78 Å². The normalized spacial score (nSPS) is 12.2. The van der Waals surface area contributed by atoms with Crippen LogP contribution in [0.3, 0.4) is 0 Å². The fourth-order valence-electron chi connectivity index (χ4n) is 2.89. The summed E-state index contributed by atoms with van der Waals surface area (Å²) in [5.41, 5.74) is 2.36. The largest absolute Gasteiger partial charge is 0.505 e. The minimum Gasteiger partial charge on any atom is -0.505 e. The Morgan fingerprint density at radius 1 is 1.09 bits per heavy atom. The highest BCUT2D eigenvalue weighted by molar-refractivity contribution is 5.86. The van der Waals surface area contributed by atoms with Gasteiger partial charge in [0.2, 0.25) is 0 Å². The van der Waals surface area contributed by atoms with E-state index in [-0.39, 0.29) is 17.5 Å². The summed E-state index contributed by atoms with van der Waals surface area (Å²) >= 11 is 0. The molecule has 3 nitrogen and oxygen atoms in total. The van der Waals surface area contributed by atoms with Gasteiger partial charge in [0.25, 0.3) is 0 Å². The van der Waals surface area contributed by atoms with Crippen LogP contribution in [0.2, 0.25) is 0 Å². The second-order valence-electron chi connectivity index (χ2n) is 5.64. The predicted molar refractivity (Wildman–Crippen MR) is 91.6 cm³/mol. The topological polar surface area (TPSA) is 50.2 Å². The molecule has 23 heavy (non-hydrogen) atoms. The Hall–Kier alpha value is -2.68. The van der Waals surface area contributed by atoms with Crippen LogP contribution < -0.4 is 0 Å². The highest BCUT2D eigenvalue weighted by atomic mass is 16.3. The Labute approximate surface area is 135 Å². The third-order valence-corrected chi connectivity index (χ3v) is 4.18. The number of benzene rings is 2. The first-order valence-electron chi connectivity index (χ1n) is 7.84. The monoisotopic (exact) mass is 305 g/mol. The lowest BCUT2D eigenvalue weighted by Gasteiger charge is -2.19. The molecule has 0 spiro atoms. The van der Waals surface area contributed by atoms with Gasteiger partial charge in [0.1, 0.15) is 17.0 Å². The van der Waals surface area contributed by atoms with Gasteiger partial charge in [-0.25, -0.2) is 0 Å². The molecule has 1 atom stereocenters. The molecule has 0 bridgehead atoms. The lowest BCUT2D eigenvalue weighted by Crippen LogP contribution is -2.08. The van der Waals surface area contributed by atoms with E-state index in [2.05, 4.69) is 4.98 Å². The van der Waals surface area contributed by atoms with Crippen molar-refractivity contribution in [1.82, 2.24) is 4.98 Å². The van der Waals surface area contributed by atoms with Gasteiger partial charge < -0.3 is 5.11 Å². The van der Waals surface area contributed by atoms with E-state index in [1.54, 1.807) is 6.20 Å². The summed E-state index contributed by atoms with van der Waals surface area (Å²) in [6, 6.07) is 17.5. The van der Waals surface area contributed by atoms with Gasteiger partial charge in [0.05, 0.1) is 0 Å². The molecule has 0 fully saturated rings. The summed E-state index contributed by atoms with van der Waals surface area (Å²) in [7, 11) is 0. The van der Waals surface area contributed by atoms with E-state index in [0.29, 0.717) is 18.4 Å². The molecule has 0 aliphatic heterocycles. The fourth-order valence-corrected chi connectivity index (χ4v) is 2.89. The van der Waals surface area contributed by atoms with E-state index in [1.165, 1.54) is 0 Å². The zero-order chi connectivity index (χ0) is 16.2. The molecule has 1 unspecified atom stereocenters. The molecule has 0 amide bonds. The van der Waals surface area contributed by atoms with Crippen LogP contribution in [0.4, 0.5) is 0 Å². The van der Waals surface area contributed by atoms with Gasteiger partial charge in [-0.05, 0) is 11.6 Å². The van der Waals surface area contributed by atoms with Crippen molar-refractivity contribution >= 4 is 16.7 Å². The molecular formula is C20H19NO2. The van der Waals surface area contributed by atoms with E-state index in [1.807, 2.05) is 61.5 Å². The van der Waals surface area contributed by atoms with Crippen molar-refractivity contribution < 1.29 is 9.90 Å². The van der Waals surface area contributed by atoms with Crippen molar-refractivity contribution in [2.45, 2.75) is 25.7 Å². The maximum Gasteiger partial charge on any atom is 0.145 e. The van der Waals surface area contributed by atoms with Gasteiger partial charge in [0, 0.05) is 35.9 Å². The van der Waals surface area contributed by atoms with E-state index in [4.69, 9.17) is 0 Å². The number of fused-ring (bicyclic) bond motifs is 1. The van der Waals surface area contributed by atoms with Crippen molar-refractivity contribution in [2.75, 3.05) is 0 Å². The molecule has 0 saturated carbocycles. The number of phenols is 1.